The maximum atomic E-state index is 5.18. The first-order chi connectivity index (χ1) is 17.9. The highest BCUT2D eigenvalue weighted by Crippen LogP contribution is 2.51. The van der Waals surface area contributed by atoms with Crippen LogP contribution in [0.15, 0.2) is 0 Å². The fraction of sp³-hybridized carbons (Fsp3) is 0.724. The average Bonchev–Trinajstić information content (AvgIpc) is 3.58. The molecule has 0 spiro atoms. The van der Waals surface area contributed by atoms with Gasteiger partial charge in [0.05, 0.1) is 11.4 Å². The molecule has 198 valence electrons. The van der Waals surface area contributed by atoms with Crippen molar-refractivity contribution in [3.8, 4) is 0 Å². The molecule has 0 aromatic carbocycles. The van der Waals surface area contributed by atoms with Gasteiger partial charge in [0.15, 0.2) is 5.82 Å². The van der Waals surface area contributed by atoms with Crippen molar-refractivity contribution in [3.63, 3.8) is 0 Å². The molecular weight excluding hydrogens is 460 g/mol. The third-order valence-electron chi connectivity index (χ3n) is 10.2. The van der Waals surface area contributed by atoms with Gasteiger partial charge in [-0.05, 0) is 90.1 Å². The quantitative estimate of drug-likeness (QED) is 0.524. The number of aryl methyl sites for hydroxylation is 4. The zero-order chi connectivity index (χ0) is 25.3. The van der Waals surface area contributed by atoms with Gasteiger partial charge in [0.25, 0.3) is 0 Å². The summed E-state index contributed by atoms with van der Waals surface area (Å²) in [7, 11) is 2.01. The number of anilines is 1. The molecule has 0 N–H and O–H groups in total. The molecule has 3 atom stereocenters. The van der Waals surface area contributed by atoms with E-state index in [-0.39, 0.29) is 0 Å². The molecule has 0 radical (unpaired) electrons. The molecule has 2 bridgehead atoms. The van der Waals surface area contributed by atoms with Crippen LogP contribution in [0.3, 0.4) is 0 Å². The van der Waals surface area contributed by atoms with Crippen LogP contribution < -0.4 is 4.90 Å². The number of hydrogen-bond donors (Lipinski definition) is 0. The highest BCUT2D eigenvalue weighted by Gasteiger charge is 2.46. The van der Waals surface area contributed by atoms with Crippen LogP contribution in [0.1, 0.15) is 79.8 Å². The summed E-state index contributed by atoms with van der Waals surface area (Å²) in [5.41, 5.74) is 7.49. The van der Waals surface area contributed by atoms with Crippen molar-refractivity contribution in [2.45, 2.75) is 97.7 Å². The van der Waals surface area contributed by atoms with Crippen molar-refractivity contribution in [3.05, 3.63) is 28.5 Å². The van der Waals surface area contributed by atoms with Crippen molar-refractivity contribution in [1.82, 2.24) is 34.4 Å². The Morgan fingerprint density at radius 2 is 1.76 bits per heavy atom. The molecule has 3 unspecified atom stereocenters. The zero-order valence-electron chi connectivity index (χ0n) is 23.1. The maximum Gasteiger partial charge on any atom is 0.158 e. The van der Waals surface area contributed by atoms with Gasteiger partial charge in [-0.2, -0.15) is 10.2 Å². The van der Waals surface area contributed by atoms with E-state index in [0.29, 0.717) is 5.41 Å². The van der Waals surface area contributed by atoms with Gasteiger partial charge in [0.2, 0.25) is 0 Å². The molecule has 2 aliphatic heterocycles. The molecule has 0 amide bonds. The third-order valence-corrected chi connectivity index (χ3v) is 10.2. The van der Waals surface area contributed by atoms with Gasteiger partial charge in [0, 0.05) is 50.4 Å². The minimum Gasteiger partial charge on any atom is -0.350 e. The predicted molar refractivity (Wildman–Crippen MR) is 146 cm³/mol. The molecule has 4 aliphatic rings. The van der Waals surface area contributed by atoms with Gasteiger partial charge >= 0.3 is 0 Å². The van der Waals surface area contributed by atoms with Crippen molar-refractivity contribution >= 4 is 16.9 Å². The summed E-state index contributed by atoms with van der Waals surface area (Å²) in [4.78, 5) is 14.9. The van der Waals surface area contributed by atoms with Crippen LogP contribution in [0.2, 0.25) is 0 Å². The lowest BCUT2D eigenvalue weighted by Crippen LogP contribution is -2.49. The van der Waals surface area contributed by atoms with Crippen molar-refractivity contribution in [1.29, 1.82) is 0 Å². The topological polar surface area (TPSA) is 67.9 Å². The minimum absolute atomic E-state index is 0.449. The summed E-state index contributed by atoms with van der Waals surface area (Å²) >= 11 is 0. The molecule has 8 heteroatoms. The van der Waals surface area contributed by atoms with E-state index in [2.05, 4.69) is 26.5 Å². The third kappa shape index (κ3) is 3.89. The largest absolute Gasteiger partial charge is 0.350 e. The van der Waals surface area contributed by atoms with E-state index in [1.165, 1.54) is 81.4 Å². The molecule has 5 heterocycles. The van der Waals surface area contributed by atoms with Crippen LogP contribution in [-0.2, 0) is 26.6 Å². The van der Waals surface area contributed by atoms with Gasteiger partial charge in [-0.3, -0.25) is 9.36 Å². The molecule has 3 aromatic rings. The van der Waals surface area contributed by atoms with Gasteiger partial charge < -0.3 is 9.80 Å². The Morgan fingerprint density at radius 1 is 0.919 bits per heavy atom. The molecular formula is C29H42N8. The van der Waals surface area contributed by atoms with Crippen molar-refractivity contribution in [2.75, 3.05) is 24.5 Å². The van der Waals surface area contributed by atoms with Crippen LogP contribution in [-0.4, -0.2) is 60.1 Å². The van der Waals surface area contributed by atoms with Gasteiger partial charge in [-0.1, -0.05) is 6.42 Å². The van der Waals surface area contributed by atoms with Gasteiger partial charge in [-0.15, -0.1) is 0 Å². The highest BCUT2D eigenvalue weighted by atomic mass is 15.3. The first-order valence-corrected chi connectivity index (χ1v) is 14.6. The maximum absolute atomic E-state index is 5.18. The van der Waals surface area contributed by atoms with Crippen LogP contribution in [0.5, 0.6) is 0 Å². The van der Waals surface area contributed by atoms with E-state index in [1.54, 1.807) is 0 Å². The molecule has 2 saturated carbocycles. The first kappa shape index (κ1) is 23.6. The molecule has 1 saturated heterocycles. The second kappa shape index (κ2) is 8.79. The van der Waals surface area contributed by atoms with Gasteiger partial charge in [-0.25, -0.2) is 9.97 Å². The van der Waals surface area contributed by atoms with Crippen LogP contribution in [0.4, 0.5) is 5.82 Å². The molecule has 2 aliphatic carbocycles. The van der Waals surface area contributed by atoms with E-state index in [0.717, 1.165) is 66.4 Å². The van der Waals surface area contributed by atoms with Crippen molar-refractivity contribution in [2.24, 2.45) is 18.4 Å². The summed E-state index contributed by atoms with van der Waals surface area (Å²) in [5, 5.41) is 9.83. The monoisotopic (exact) mass is 502 g/mol. The summed E-state index contributed by atoms with van der Waals surface area (Å²) in [6.45, 7) is 11.9. The molecule has 3 fully saturated rings. The van der Waals surface area contributed by atoms with E-state index in [4.69, 9.17) is 15.1 Å². The molecule has 37 heavy (non-hydrogen) atoms. The van der Waals surface area contributed by atoms with Crippen LogP contribution in [0, 0.1) is 32.1 Å². The number of rotatable bonds is 4. The Bertz CT molecular complexity index is 1330. The highest BCUT2D eigenvalue weighted by molar-refractivity contribution is 5.88. The summed E-state index contributed by atoms with van der Waals surface area (Å²) in [6.07, 6.45) is 12.2. The minimum atomic E-state index is 0.449. The SMILES string of the molecule is Cc1nc(N2CCc3c(c(C)nn3CC34CCCC(C3)C(N3CCCC3)CC4)C2)c2c(n1)c(C)nn2C. The Morgan fingerprint density at radius 3 is 2.59 bits per heavy atom. The number of fused-ring (bicyclic) bond motifs is 4. The summed E-state index contributed by atoms with van der Waals surface area (Å²) in [5.74, 6) is 2.72. The van der Waals surface area contributed by atoms with Crippen LogP contribution >= 0.6 is 0 Å². The lowest BCUT2D eigenvalue weighted by Gasteiger charge is -2.51. The lowest BCUT2D eigenvalue weighted by atomic mass is 9.60. The standard InChI is InChI=1S/C29H42N8/c1-19-23-17-36(28-27-26(30-21(3)31-28)20(2)32-34(27)4)15-10-25(23)37(33-19)18-29-11-7-8-22(16-29)24(9-12-29)35-13-5-6-14-35/h22,24H,5-18H2,1-4H3. The Kier molecular flexibility index (Phi) is 5.61. The lowest BCUT2D eigenvalue weighted by molar-refractivity contribution is -0.00507. The summed E-state index contributed by atoms with van der Waals surface area (Å²) < 4.78 is 4.39. The van der Waals surface area contributed by atoms with E-state index in [9.17, 15) is 0 Å². The van der Waals surface area contributed by atoms with E-state index in [1.807, 2.05) is 25.6 Å². The second-order valence-electron chi connectivity index (χ2n) is 12.5. The average molecular weight is 503 g/mol. The smallest absolute Gasteiger partial charge is 0.158 e. The first-order valence-electron chi connectivity index (χ1n) is 14.6. The molecule has 8 nitrogen and oxygen atoms in total. The van der Waals surface area contributed by atoms with Gasteiger partial charge in [0.1, 0.15) is 16.9 Å². The van der Waals surface area contributed by atoms with Crippen molar-refractivity contribution < 1.29 is 0 Å². The Balaban J connectivity index is 1.14. The number of likely N-dealkylation sites (tertiary alicyclic amines) is 1. The van der Waals surface area contributed by atoms with E-state index < -0.39 is 0 Å². The number of aromatic nitrogens is 6. The predicted octanol–water partition coefficient (Wildman–Crippen LogP) is 4.48. The fourth-order valence-corrected chi connectivity index (χ4v) is 8.46. The number of nitrogens with zero attached hydrogens (tertiary/aromatic N) is 8. The Labute approximate surface area is 220 Å². The zero-order valence-corrected chi connectivity index (χ0v) is 23.1. The van der Waals surface area contributed by atoms with E-state index >= 15 is 0 Å². The second-order valence-corrected chi connectivity index (χ2v) is 12.5. The fourth-order valence-electron chi connectivity index (χ4n) is 8.46. The summed E-state index contributed by atoms with van der Waals surface area (Å²) in [6, 6.07) is 0.849. The Hall–Kier alpha value is -2.48. The van der Waals surface area contributed by atoms with Crippen LogP contribution in [0.25, 0.3) is 11.0 Å². The number of hydrogen-bond acceptors (Lipinski definition) is 6. The normalized spacial score (nSPS) is 28.3. The molecule has 7 rings (SSSR count). The molecule has 3 aromatic heterocycles.